The Morgan fingerprint density at radius 1 is 0.778 bits per heavy atom. The zero-order valence-corrected chi connectivity index (χ0v) is 12.1. The van der Waals surface area contributed by atoms with Crippen molar-refractivity contribution in [2.75, 3.05) is 0 Å². The molecule has 0 aliphatic carbocycles. The van der Waals surface area contributed by atoms with Gasteiger partial charge < -0.3 is 8.99 Å². The van der Waals surface area contributed by atoms with Crippen molar-refractivity contribution in [3.05, 3.63) is 60.7 Å². The highest BCUT2D eigenvalue weighted by atomic mass is 79.9. The monoisotopic (exact) mass is 308 g/mol. The van der Waals surface area contributed by atoms with Crippen LogP contribution < -0.4 is 0 Å². The van der Waals surface area contributed by atoms with Crippen molar-refractivity contribution < 1.29 is 8.99 Å². The summed E-state index contributed by atoms with van der Waals surface area (Å²) in [7, 11) is 0. The van der Waals surface area contributed by atoms with Gasteiger partial charge in [-0.05, 0) is 25.0 Å². The summed E-state index contributed by atoms with van der Waals surface area (Å²) in [5, 5.41) is 0. The van der Waals surface area contributed by atoms with Crippen LogP contribution in [0.15, 0.2) is 60.7 Å². The van der Waals surface area contributed by atoms with Crippen LogP contribution in [0.1, 0.15) is 13.8 Å². The maximum Gasteiger partial charge on any atom is 0.126 e. The molecule has 0 amide bonds. The number of ketones is 1. The molecular weight excluding hydrogens is 292 g/mol. The molecule has 0 bridgehead atoms. The number of carbonyl (C=O) groups is 1. The summed E-state index contributed by atoms with van der Waals surface area (Å²) >= 11 is 1.94. The number of benzene rings is 2. The maximum absolute atomic E-state index is 9.44. The summed E-state index contributed by atoms with van der Waals surface area (Å²) in [5.74, 6) is 0.167. The Hall–Kier alpha value is -1.45. The molecule has 3 heteroatoms. The van der Waals surface area contributed by atoms with E-state index in [4.69, 9.17) is 4.20 Å². The Labute approximate surface area is 117 Å². The van der Waals surface area contributed by atoms with Gasteiger partial charge in [-0.2, -0.15) is 0 Å². The summed E-state index contributed by atoms with van der Waals surface area (Å²) < 4.78 is 6.81. The summed E-state index contributed by atoms with van der Waals surface area (Å²) in [6.45, 7) is 3.06. The summed E-state index contributed by atoms with van der Waals surface area (Å²) in [6, 6.07) is 20.8. The minimum atomic E-state index is 0.167. The molecule has 0 fully saturated rings. The second-order valence-electron chi connectivity index (χ2n) is 3.64. The van der Waals surface area contributed by atoms with Crippen LogP contribution >= 0.6 is 16.3 Å². The number of halogens is 1. The fourth-order valence-electron chi connectivity index (χ4n) is 1.26. The zero-order valence-electron chi connectivity index (χ0n) is 10.5. The van der Waals surface area contributed by atoms with E-state index in [0.717, 1.165) is 0 Å². The third-order valence-corrected chi connectivity index (χ3v) is 1.88. The molecule has 0 aliphatic rings. The van der Waals surface area contributed by atoms with E-state index in [1.54, 1.807) is 0 Å². The molecule has 2 nitrogen and oxygen atoms in total. The van der Waals surface area contributed by atoms with Crippen LogP contribution in [0.3, 0.4) is 0 Å². The molecule has 0 heterocycles. The fraction of sp³-hybridized carbons (Fsp3) is 0.133. The molecule has 18 heavy (non-hydrogen) atoms. The van der Waals surface area contributed by atoms with E-state index >= 15 is 0 Å². The van der Waals surface area contributed by atoms with E-state index < -0.39 is 0 Å². The number of carbonyl (C=O) groups excluding carboxylic acids is 1. The van der Waals surface area contributed by atoms with Gasteiger partial charge in [0.25, 0.3) is 0 Å². The van der Waals surface area contributed by atoms with Crippen LogP contribution in [0.4, 0.5) is 0 Å². The molecule has 2 aromatic carbocycles. The first kappa shape index (κ1) is 16.6. The van der Waals surface area contributed by atoms with Gasteiger partial charge in [0.05, 0.1) is 16.3 Å². The molecule has 0 spiro atoms. The molecule has 0 saturated heterocycles. The minimum absolute atomic E-state index is 0.167. The van der Waals surface area contributed by atoms with Gasteiger partial charge in [-0.15, -0.1) is 0 Å². The molecule has 0 aromatic heterocycles. The molecule has 1 N–H and O–H groups in total. The lowest BCUT2D eigenvalue weighted by atomic mass is 10.1. The van der Waals surface area contributed by atoms with Crippen molar-refractivity contribution >= 4 is 22.0 Å². The zero-order chi connectivity index (χ0) is 13.8. The fourth-order valence-corrected chi connectivity index (χ4v) is 1.26. The highest BCUT2D eigenvalue weighted by Crippen LogP contribution is 2.17. The van der Waals surface area contributed by atoms with Crippen molar-refractivity contribution in [2.45, 2.75) is 13.8 Å². The third kappa shape index (κ3) is 7.76. The van der Waals surface area contributed by atoms with E-state index in [9.17, 15) is 4.79 Å². The van der Waals surface area contributed by atoms with Gasteiger partial charge in [-0.3, -0.25) is 0 Å². The Morgan fingerprint density at radius 2 is 1.00 bits per heavy atom. The quantitative estimate of drug-likeness (QED) is 0.855. The van der Waals surface area contributed by atoms with Crippen molar-refractivity contribution in [3.8, 4) is 11.1 Å². The van der Waals surface area contributed by atoms with Crippen LogP contribution in [-0.2, 0) is 4.79 Å². The first-order valence-corrected chi connectivity index (χ1v) is 6.15. The van der Waals surface area contributed by atoms with E-state index in [-0.39, 0.29) is 5.78 Å². The molecule has 0 unspecified atom stereocenters. The van der Waals surface area contributed by atoms with Crippen LogP contribution in [-0.4, -0.2) is 9.98 Å². The number of Topliss-reactive ketones (excluding diaryl/α,β-unsaturated/α-hetero) is 1. The van der Waals surface area contributed by atoms with Crippen LogP contribution in [0, 0.1) is 0 Å². The highest BCUT2D eigenvalue weighted by Gasteiger charge is 1.91. The van der Waals surface area contributed by atoms with Crippen LogP contribution in [0.25, 0.3) is 11.1 Å². The van der Waals surface area contributed by atoms with Crippen molar-refractivity contribution in [3.63, 3.8) is 0 Å². The molecule has 96 valence electrons. The smallest absolute Gasteiger partial charge is 0.126 e. The van der Waals surface area contributed by atoms with Crippen molar-refractivity contribution in [1.82, 2.24) is 0 Å². The Morgan fingerprint density at radius 3 is 1.22 bits per heavy atom. The first-order chi connectivity index (χ1) is 8.70. The predicted octanol–water partition coefficient (Wildman–Crippen LogP) is 4.24. The second kappa shape index (κ2) is 10.7. The van der Waals surface area contributed by atoms with Crippen LogP contribution in [0.2, 0.25) is 0 Å². The van der Waals surface area contributed by atoms with Crippen LogP contribution in [0.5, 0.6) is 0 Å². The lowest BCUT2D eigenvalue weighted by Gasteiger charge is -1.98. The average Bonchev–Trinajstić information content (AvgIpc) is 2.42. The maximum atomic E-state index is 9.44. The van der Waals surface area contributed by atoms with Gasteiger partial charge in [0.2, 0.25) is 0 Å². The lowest BCUT2D eigenvalue weighted by molar-refractivity contribution is -0.114. The van der Waals surface area contributed by atoms with Gasteiger partial charge in [0.1, 0.15) is 5.78 Å². The Kier molecular flexibility index (Phi) is 9.83. The van der Waals surface area contributed by atoms with Gasteiger partial charge >= 0.3 is 0 Å². The Balaban J connectivity index is 0.000000415. The topological polar surface area (TPSA) is 37.3 Å². The van der Waals surface area contributed by atoms with E-state index in [2.05, 4.69) is 48.5 Å². The van der Waals surface area contributed by atoms with E-state index in [0.29, 0.717) is 0 Å². The second-order valence-corrected chi connectivity index (χ2v) is 3.64. The molecule has 0 radical (unpaired) electrons. The van der Waals surface area contributed by atoms with Crippen molar-refractivity contribution in [1.29, 1.82) is 0 Å². The molecule has 0 atom stereocenters. The largest absolute Gasteiger partial charge is 0.324 e. The molecule has 0 aliphatic heterocycles. The molecule has 2 rings (SSSR count). The standard InChI is InChI=1S/C12H10.C3H6O.BrHO/c1-3-7-11(8-4-1)12-9-5-2-6-10-12;1-3(2)4;1-2/h1-10H;1-2H3;2H. The minimum Gasteiger partial charge on any atom is -0.324 e. The highest BCUT2D eigenvalue weighted by molar-refractivity contribution is 9.05. The first-order valence-electron chi connectivity index (χ1n) is 5.44. The predicted molar refractivity (Wildman–Crippen MR) is 79.4 cm³/mol. The normalized spacial score (nSPS) is 8.22. The van der Waals surface area contributed by atoms with Crippen molar-refractivity contribution in [2.24, 2.45) is 0 Å². The van der Waals surface area contributed by atoms with E-state index in [1.165, 1.54) is 25.0 Å². The molecule has 2 aromatic rings. The van der Waals surface area contributed by atoms with Gasteiger partial charge in [0, 0.05) is 0 Å². The number of hydrogen-bond donors (Lipinski definition) is 1. The third-order valence-electron chi connectivity index (χ3n) is 1.88. The SMILES string of the molecule is CC(C)=O.OBr.c1ccc(-c2ccccc2)cc1. The average molecular weight is 309 g/mol. The lowest BCUT2D eigenvalue weighted by Crippen LogP contribution is -1.73. The molecule has 0 saturated carbocycles. The summed E-state index contributed by atoms with van der Waals surface area (Å²) in [6.07, 6.45) is 0. The van der Waals surface area contributed by atoms with Gasteiger partial charge in [-0.1, -0.05) is 60.7 Å². The number of hydrogen-bond acceptors (Lipinski definition) is 2. The Bertz CT molecular complexity index is 385. The summed E-state index contributed by atoms with van der Waals surface area (Å²) in [5.41, 5.74) is 2.55. The summed E-state index contributed by atoms with van der Waals surface area (Å²) in [4.78, 5) is 9.44. The number of rotatable bonds is 1. The van der Waals surface area contributed by atoms with E-state index in [1.807, 2.05) is 28.4 Å². The molecular formula is C15H17BrO2. The van der Waals surface area contributed by atoms with Gasteiger partial charge in [-0.25, -0.2) is 0 Å². The van der Waals surface area contributed by atoms with Gasteiger partial charge in [0.15, 0.2) is 0 Å².